The summed E-state index contributed by atoms with van der Waals surface area (Å²) in [7, 11) is 0. The highest BCUT2D eigenvalue weighted by Crippen LogP contribution is 2.17. The minimum Gasteiger partial charge on any atom is -0.457 e. The molecule has 0 saturated carbocycles. The van der Waals surface area contributed by atoms with E-state index in [2.05, 4.69) is 21.2 Å². The fraction of sp³-hybridized carbons (Fsp3) is 0.235. The van der Waals surface area contributed by atoms with Gasteiger partial charge < -0.3 is 10.1 Å². The number of carbonyl (C=O) groups excluding carboxylic acids is 1. The Hall–Kier alpha value is -1.65. The second kappa shape index (κ2) is 6.41. The van der Waals surface area contributed by atoms with E-state index in [1.54, 1.807) is 0 Å². The van der Waals surface area contributed by atoms with Gasteiger partial charge in [0.2, 0.25) is 0 Å². The molecule has 2 aromatic rings. The van der Waals surface area contributed by atoms with Crippen molar-refractivity contribution in [2.45, 2.75) is 19.6 Å². The maximum absolute atomic E-state index is 12.1. The first kappa shape index (κ1) is 14.3. The Balaban J connectivity index is 1.68. The van der Waals surface area contributed by atoms with Crippen LogP contribution in [0.2, 0.25) is 0 Å². The zero-order valence-corrected chi connectivity index (χ0v) is 13.2. The number of benzene rings is 2. The summed E-state index contributed by atoms with van der Waals surface area (Å²) in [4.78, 5) is 12.1. The first-order chi connectivity index (χ1) is 10.2. The van der Waals surface area contributed by atoms with Crippen molar-refractivity contribution in [1.29, 1.82) is 0 Å². The average Bonchev–Trinajstić information content (AvgIpc) is 2.52. The van der Waals surface area contributed by atoms with E-state index in [1.165, 1.54) is 11.1 Å². The highest BCUT2D eigenvalue weighted by Gasteiger charge is 2.13. The quantitative estimate of drug-likeness (QED) is 0.866. The van der Waals surface area contributed by atoms with E-state index >= 15 is 0 Å². The van der Waals surface area contributed by atoms with Crippen LogP contribution in [0.1, 0.15) is 27.0 Å². The molecule has 0 aliphatic carbocycles. The van der Waals surface area contributed by atoms with Crippen molar-refractivity contribution in [3.63, 3.8) is 0 Å². The maximum atomic E-state index is 12.1. The molecule has 0 unspecified atom stereocenters. The summed E-state index contributed by atoms with van der Waals surface area (Å²) in [5.41, 5.74) is 4.10. The number of esters is 1. The van der Waals surface area contributed by atoms with E-state index in [0.29, 0.717) is 5.56 Å². The number of hydrogen-bond donors (Lipinski definition) is 1. The number of nitrogens with one attached hydrogen (secondary N) is 1. The molecular weight excluding hydrogens is 330 g/mol. The van der Waals surface area contributed by atoms with Crippen LogP contribution in [0.15, 0.2) is 46.9 Å². The third-order valence-corrected chi connectivity index (χ3v) is 4.08. The van der Waals surface area contributed by atoms with E-state index in [1.807, 2.05) is 42.5 Å². The van der Waals surface area contributed by atoms with E-state index < -0.39 is 0 Å². The lowest BCUT2D eigenvalue weighted by Gasteiger charge is -2.17. The average molecular weight is 346 g/mol. The molecule has 1 aliphatic heterocycles. The number of hydrogen-bond acceptors (Lipinski definition) is 3. The van der Waals surface area contributed by atoms with Crippen LogP contribution in [-0.2, 0) is 24.3 Å². The largest absolute Gasteiger partial charge is 0.457 e. The highest BCUT2D eigenvalue weighted by atomic mass is 79.9. The molecule has 0 spiro atoms. The van der Waals surface area contributed by atoms with Gasteiger partial charge in [0.05, 0.1) is 5.56 Å². The summed E-state index contributed by atoms with van der Waals surface area (Å²) >= 11 is 3.41. The van der Waals surface area contributed by atoms with E-state index in [0.717, 1.165) is 29.5 Å². The van der Waals surface area contributed by atoms with Crippen molar-refractivity contribution in [3.8, 4) is 0 Å². The van der Waals surface area contributed by atoms with Gasteiger partial charge in [0.25, 0.3) is 0 Å². The molecule has 0 bridgehead atoms. The normalized spacial score (nSPS) is 13.6. The van der Waals surface area contributed by atoms with Crippen molar-refractivity contribution in [2.24, 2.45) is 0 Å². The van der Waals surface area contributed by atoms with Crippen LogP contribution in [-0.4, -0.2) is 12.5 Å². The first-order valence-corrected chi connectivity index (χ1v) is 7.76. The van der Waals surface area contributed by atoms with Crippen LogP contribution in [0.25, 0.3) is 0 Å². The minimum atomic E-state index is -0.275. The molecule has 1 aliphatic rings. The van der Waals surface area contributed by atoms with Crippen molar-refractivity contribution in [3.05, 3.63) is 69.2 Å². The van der Waals surface area contributed by atoms with Gasteiger partial charge in [-0.1, -0.05) is 34.1 Å². The Labute approximate surface area is 132 Å². The molecule has 3 rings (SSSR count). The maximum Gasteiger partial charge on any atom is 0.338 e. The summed E-state index contributed by atoms with van der Waals surface area (Å²) in [6.45, 7) is 2.11. The topological polar surface area (TPSA) is 38.3 Å². The molecule has 0 aromatic heterocycles. The molecule has 4 heteroatoms. The lowest BCUT2D eigenvalue weighted by Crippen LogP contribution is -2.24. The molecule has 0 saturated heterocycles. The summed E-state index contributed by atoms with van der Waals surface area (Å²) in [5, 5.41) is 3.31. The summed E-state index contributed by atoms with van der Waals surface area (Å²) in [6, 6.07) is 13.6. The zero-order chi connectivity index (χ0) is 14.7. The van der Waals surface area contributed by atoms with E-state index in [4.69, 9.17) is 4.74 Å². The van der Waals surface area contributed by atoms with Gasteiger partial charge in [0.1, 0.15) is 6.61 Å². The smallest absolute Gasteiger partial charge is 0.338 e. The number of carbonyl (C=O) groups is 1. The predicted molar refractivity (Wildman–Crippen MR) is 85.1 cm³/mol. The van der Waals surface area contributed by atoms with Gasteiger partial charge in [-0.2, -0.15) is 0 Å². The summed E-state index contributed by atoms with van der Waals surface area (Å²) in [6.07, 6.45) is 1.02. The second-order valence-corrected chi connectivity index (χ2v) is 6.03. The molecule has 0 radical (unpaired) electrons. The first-order valence-electron chi connectivity index (χ1n) is 6.96. The van der Waals surface area contributed by atoms with Gasteiger partial charge in [0.15, 0.2) is 0 Å². The van der Waals surface area contributed by atoms with Crippen LogP contribution >= 0.6 is 15.9 Å². The van der Waals surface area contributed by atoms with E-state index in [9.17, 15) is 4.79 Å². The van der Waals surface area contributed by atoms with Crippen molar-refractivity contribution < 1.29 is 9.53 Å². The summed E-state index contributed by atoms with van der Waals surface area (Å²) in [5.74, 6) is -0.275. The molecule has 1 N–H and O–H groups in total. The number of rotatable bonds is 3. The Morgan fingerprint density at radius 1 is 1.19 bits per heavy atom. The fourth-order valence-corrected chi connectivity index (χ4v) is 2.91. The van der Waals surface area contributed by atoms with Crippen molar-refractivity contribution >= 4 is 21.9 Å². The number of fused-ring (bicyclic) bond motifs is 1. The Kier molecular flexibility index (Phi) is 4.36. The predicted octanol–water partition coefficient (Wildman–Crippen LogP) is 3.45. The van der Waals surface area contributed by atoms with Crippen molar-refractivity contribution in [1.82, 2.24) is 5.32 Å². The van der Waals surface area contributed by atoms with Crippen LogP contribution in [0.4, 0.5) is 0 Å². The van der Waals surface area contributed by atoms with Gasteiger partial charge in [-0.25, -0.2) is 4.79 Å². The lowest BCUT2D eigenvalue weighted by molar-refractivity contribution is 0.0472. The Morgan fingerprint density at radius 2 is 2.10 bits per heavy atom. The number of ether oxygens (including phenoxy) is 1. The summed E-state index contributed by atoms with van der Waals surface area (Å²) < 4.78 is 6.36. The lowest BCUT2D eigenvalue weighted by atomic mass is 9.99. The molecule has 108 valence electrons. The third kappa shape index (κ3) is 3.52. The Morgan fingerprint density at radius 3 is 2.95 bits per heavy atom. The molecular formula is C17H16BrNO2. The van der Waals surface area contributed by atoms with E-state index in [-0.39, 0.29) is 12.6 Å². The molecule has 21 heavy (non-hydrogen) atoms. The Bertz CT molecular complexity index is 670. The van der Waals surface area contributed by atoms with Gasteiger partial charge in [-0.15, -0.1) is 0 Å². The van der Waals surface area contributed by atoms with Gasteiger partial charge in [0, 0.05) is 11.0 Å². The molecule has 3 nitrogen and oxygen atoms in total. The van der Waals surface area contributed by atoms with Crippen molar-refractivity contribution in [2.75, 3.05) is 6.54 Å². The van der Waals surface area contributed by atoms with Gasteiger partial charge in [-0.3, -0.25) is 0 Å². The molecule has 2 aromatic carbocycles. The molecule has 0 atom stereocenters. The number of halogens is 1. The standard InChI is InChI=1S/C17H16BrNO2/c18-16-3-1-2-12(8-16)11-21-17(20)14-5-4-13-6-7-19-10-15(13)9-14/h1-5,8-9,19H,6-7,10-11H2. The zero-order valence-electron chi connectivity index (χ0n) is 11.6. The SMILES string of the molecule is O=C(OCc1cccc(Br)c1)c1ccc2c(c1)CNCC2. The third-order valence-electron chi connectivity index (χ3n) is 3.59. The fourth-order valence-electron chi connectivity index (χ4n) is 2.47. The minimum absolute atomic E-state index is 0.275. The highest BCUT2D eigenvalue weighted by molar-refractivity contribution is 9.10. The molecule has 0 amide bonds. The second-order valence-electron chi connectivity index (χ2n) is 5.12. The molecule has 1 heterocycles. The monoisotopic (exact) mass is 345 g/mol. The van der Waals surface area contributed by atoms with Gasteiger partial charge in [-0.05, 0) is 53.9 Å². The van der Waals surface area contributed by atoms with Crippen LogP contribution in [0.3, 0.4) is 0 Å². The molecule has 0 fully saturated rings. The van der Waals surface area contributed by atoms with Gasteiger partial charge >= 0.3 is 5.97 Å². The van der Waals surface area contributed by atoms with Crippen LogP contribution in [0.5, 0.6) is 0 Å². The van der Waals surface area contributed by atoms with Crippen LogP contribution in [0, 0.1) is 0 Å². The van der Waals surface area contributed by atoms with Crippen LogP contribution < -0.4 is 5.32 Å².